The van der Waals surface area contributed by atoms with Crippen molar-refractivity contribution in [3.05, 3.63) is 63.6 Å². The third-order valence-electron chi connectivity index (χ3n) is 5.32. The summed E-state index contributed by atoms with van der Waals surface area (Å²) in [7, 11) is 0. The van der Waals surface area contributed by atoms with E-state index in [1.165, 1.54) is 0 Å². The maximum absolute atomic E-state index is 12.6. The number of benzene rings is 2. The molecule has 1 aliphatic rings. The first-order valence-corrected chi connectivity index (χ1v) is 10.8. The third kappa shape index (κ3) is 6.36. The molecule has 1 aliphatic heterocycles. The minimum atomic E-state index is -0.0312. The van der Waals surface area contributed by atoms with Gasteiger partial charge in [-0.15, -0.1) is 0 Å². The molecule has 0 aromatic heterocycles. The Morgan fingerprint density at radius 1 is 1.17 bits per heavy atom. The third-order valence-corrected chi connectivity index (χ3v) is 6.06. The number of para-hydroxylation sites is 1. The molecule has 1 saturated heterocycles. The number of hydrogen-bond donors (Lipinski definition) is 1. The quantitative estimate of drug-likeness (QED) is 0.658. The van der Waals surface area contributed by atoms with Gasteiger partial charge in [0.1, 0.15) is 12.4 Å². The van der Waals surface area contributed by atoms with E-state index in [-0.39, 0.29) is 17.9 Å². The van der Waals surface area contributed by atoms with Crippen LogP contribution in [0.25, 0.3) is 0 Å². The first-order valence-electron chi connectivity index (χ1n) is 10.1. The highest BCUT2D eigenvalue weighted by Gasteiger charge is 2.26. The van der Waals surface area contributed by atoms with Crippen LogP contribution in [0.5, 0.6) is 5.75 Å². The first kappa shape index (κ1) is 21.9. The number of rotatable bonds is 7. The lowest BCUT2D eigenvalue weighted by Crippen LogP contribution is -2.44. The molecule has 29 heavy (non-hydrogen) atoms. The van der Waals surface area contributed by atoms with E-state index in [0.717, 1.165) is 49.4 Å². The van der Waals surface area contributed by atoms with Crippen LogP contribution >= 0.6 is 23.2 Å². The summed E-state index contributed by atoms with van der Waals surface area (Å²) in [5.41, 5.74) is 2.24. The summed E-state index contributed by atoms with van der Waals surface area (Å²) in [5, 5.41) is 4.26. The lowest BCUT2D eigenvalue weighted by atomic mass is 9.95. The summed E-state index contributed by atoms with van der Waals surface area (Å²) in [4.78, 5) is 15.0. The Labute approximate surface area is 183 Å². The molecular weight excluding hydrogens is 407 g/mol. The van der Waals surface area contributed by atoms with Gasteiger partial charge in [0.15, 0.2) is 0 Å². The van der Waals surface area contributed by atoms with Crippen LogP contribution in [0.15, 0.2) is 42.5 Å². The maximum Gasteiger partial charge on any atom is 0.223 e. The van der Waals surface area contributed by atoms with Crippen LogP contribution in [0, 0.1) is 12.8 Å². The zero-order chi connectivity index (χ0) is 20.8. The van der Waals surface area contributed by atoms with Crippen LogP contribution in [0.4, 0.5) is 0 Å². The number of carbonyl (C=O) groups excluding carboxylic acids is 1. The topological polar surface area (TPSA) is 41.6 Å². The summed E-state index contributed by atoms with van der Waals surface area (Å²) < 4.78 is 5.85. The lowest BCUT2D eigenvalue weighted by Gasteiger charge is -2.32. The fraction of sp³-hybridized carbons (Fsp3) is 0.435. The Kier molecular flexibility index (Phi) is 7.82. The maximum atomic E-state index is 12.6. The van der Waals surface area contributed by atoms with E-state index in [4.69, 9.17) is 27.9 Å². The number of likely N-dealkylation sites (tertiary alicyclic amines) is 1. The number of ether oxygens (including phenoxy) is 1. The highest BCUT2D eigenvalue weighted by Crippen LogP contribution is 2.25. The molecule has 4 nitrogen and oxygen atoms in total. The fourth-order valence-corrected chi connectivity index (χ4v) is 3.91. The summed E-state index contributed by atoms with van der Waals surface area (Å²) in [5.74, 6) is 1.05. The average molecular weight is 435 g/mol. The second-order valence-electron chi connectivity index (χ2n) is 7.79. The lowest BCUT2D eigenvalue weighted by molar-refractivity contribution is -0.127. The van der Waals surface area contributed by atoms with Gasteiger partial charge in [0.05, 0.1) is 16.1 Å². The number of hydrogen-bond acceptors (Lipinski definition) is 3. The number of aryl methyl sites for hydroxylation is 1. The zero-order valence-electron chi connectivity index (χ0n) is 17.0. The molecule has 1 heterocycles. The van der Waals surface area contributed by atoms with Crippen LogP contribution in [0.1, 0.15) is 30.9 Å². The van der Waals surface area contributed by atoms with E-state index in [1.807, 2.05) is 56.3 Å². The van der Waals surface area contributed by atoms with Crippen molar-refractivity contribution in [2.24, 2.45) is 5.92 Å². The predicted octanol–water partition coefficient (Wildman–Crippen LogP) is 5.10. The molecule has 0 aliphatic carbocycles. The van der Waals surface area contributed by atoms with Gasteiger partial charge in [-0.2, -0.15) is 0 Å². The molecule has 0 spiro atoms. The molecule has 1 fully saturated rings. The summed E-state index contributed by atoms with van der Waals surface area (Å²) in [6.07, 6.45) is 1.72. The van der Waals surface area contributed by atoms with Crippen LogP contribution in [-0.2, 0) is 11.3 Å². The van der Waals surface area contributed by atoms with Gasteiger partial charge < -0.3 is 10.1 Å². The van der Waals surface area contributed by atoms with E-state index in [2.05, 4.69) is 10.2 Å². The number of nitrogens with one attached hydrogen (secondary N) is 1. The molecule has 0 bridgehead atoms. The fourth-order valence-electron chi connectivity index (χ4n) is 3.58. The Bertz CT molecular complexity index is 835. The molecule has 156 valence electrons. The number of nitrogens with zero attached hydrogens (tertiary/aromatic N) is 1. The SMILES string of the molecule is Cc1ccccc1OC[C@H](C)NC(=O)C1CCN(Cc2ccc(Cl)c(Cl)c2)CC1. The minimum absolute atomic E-state index is 0.0312. The highest BCUT2D eigenvalue weighted by molar-refractivity contribution is 6.42. The van der Waals surface area contributed by atoms with Gasteiger partial charge in [-0.05, 0) is 69.1 Å². The number of carbonyl (C=O) groups is 1. The monoisotopic (exact) mass is 434 g/mol. The molecule has 1 amide bonds. The van der Waals surface area contributed by atoms with E-state index in [1.54, 1.807) is 0 Å². The van der Waals surface area contributed by atoms with Gasteiger partial charge in [0.2, 0.25) is 5.91 Å². The minimum Gasteiger partial charge on any atom is -0.491 e. The van der Waals surface area contributed by atoms with E-state index in [9.17, 15) is 4.79 Å². The van der Waals surface area contributed by atoms with Gasteiger partial charge in [-0.25, -0.2) is 0 Å². The van der Waals surface area contributed by atoms with E-state index in [0.29, 0.717) is 16.7 Å². The van der Waals surface area contributed by atoms with Crippen molar-refractivity contribution < 1.29 is 9.53 Å². The summed E-state index contributed by atoms with van der Waals surface area (Å²) in [6.45, 7) is 7.08. The Morgan fingerprint density at radius 2 is 1.90 bits per heavy atom. The van der Waals surface area contributed by atoms with Crippen molar-refractivity contribution in [1.82, 2.24) is 10.2 Å². The highest BCUT2D eigenvalue weighted by atomic mass is 35.5. The largest absolute Gasteiger partial charge is 0.491 e. The number of halogens is 2. The standard InChI is InChI=1S/C23H28Cl2N2O2/c1-16-5-3-4-6-22(16)29-15-17(2)26-23(28)19-9-11-27(12-10-19)14-18-7-8-20(24)21(25)13-18/h3-8,13,17,19H,9-12,14-15H2,1-2H3,(H,26,28)/t17-/m0/s1. The van der Waals surface area contributed by atoms with Crippen molar-refractivity contribution in [3.8, 4) is 5.75 Å². The summed E-state index contributed by atoms with van der Waals surface area (Å²) in [6, 6.07) is 13.6. The van der Waals surface area contributed by atoms with Crippen LogP contribution in [-0.4, -0.2) is 36.5 Å². The van der Waals surface area contributed by atoms with Gasteiger partial charge in [0.25, 0.3) is 0 Å². The molecule has 0 unspecified atom stereocenters. The second-order valence-corrected chi connectivity index (χ2v) is 8.60. The zero-order valence-corrected chi connectivity index (χ0v) is 18.5. The van der Waals surface area contributed by atoms with Crippen molar-refractivity contribution in [3.63, 3.8) is 0 Å². The van der Waals surface area contributed by atoms with Gasteiger partial charge >= 0.3 is 0 Å². The Hall–Kier alpha value is -1.75. The van der Waals surface area contributed by atoms with Crippen molar-refractivity contribution >= 4 is 29.1 Å². The van der Waals surface area contributed by atoms with Gasteiger partial charge in [-0.1, -0.05) is 47.5 Å². The van der Waals surface area contributed by atoms with Crippen molar-refractivity contribution in [2.45, 2.75) is 39.3 Å². The molecule has 3 rings (SSSR count). The molecule has 1 atom stereocenters. The molecule has 1 N–H and O–H groups in total. The van der Waals surface area contributed by atoms with Gasteiger partial charge in [-0.3, -0.25) is 9.69 Å². The van der Waals surface area contributed by atoms with E-state index >= 15 is 0 Å². The van der Waals surface area contributed by atoms with E-state index < -0.39 is 0 Å². The van der Waals surface area contributed by atoms with Gasteiger partial charge in [0, 0.05) is 12.5 Å². The molecule has 0 saturated carbocycles. The summed E-state index contributed by atoms with van der Waals surface area (Å²) >= 11 is 12.1. The second kappa shape index (κ2) is 10.3. The van der Waals surface area contributed by atoms with Crippen molar-refractivity contribution in [2.75, 3.05) is 19.7 Å². The molecule has 2 aromatic carbocycles. The Balaban J connectivity index is 1.41. The normalized spacial score (nSPS) is 16.4. The smallest absolute Gasteiger partial charge is 0.223 e. The molecular formula is C23H28Cl2N2O2. The Morgan fingerprint density at radius 3 is 2.59 bits per heavy atom. The molecule has 0 radical (unpaired) electrons. The van der Waals surface area contributed by atoms with Crippen LogP contribution < -0.4 is 10.1 Å². The number of amides is 1. The molecule has 2 aromatic rings. The van der Waals surface area contributed by atoms with Crippen LogP contribution in [0.3, 0.4) is 0 Å². The number of piperidine rings is 1. The molecule has 6 heteroatoms. The average Bonchev–Trinajstić information content (AvgIpc) is 2.70. The first-order chi connectivity index (χ1) is 13.9. The van der Waals surface area contributed by atoms with Crippen LogP contribution in [0.2, 0.25) is 10.0 Å². The predicted molar refractivity (Wildman–Crippen MR) is 119 cm³/mol. The van der Waals surface area contributed by atoms with Crippen molar-refractivity contribution in [1.29, 1.82) is 0 Å².